The molecule has 18 heavy (non-hydrogen) atoms. The Hall–Kier alpha value is -1.76. The van der Waals surface area contributed by atoms with Crippen molar-refractivity contribution in [2.45, 2.75) is 33.0 Å². The van der Waals surface area contributed by atoms with Crippen LogP contribution in [-0.4, -0.2) is 41.9 Å². The van der Waals surface area contributed by atoms with E-state index in [-0.39, 0.29) is 0 Å². The van der Waals surface area contributed by atoms with Crippen LogP contribution in [-0.2, 0) is 26.7 Å². The predicted octanol–water partition coefficient (Wildman–Crippen LogP) is 0.449. The Bertz CT molecular complexity index is 487. The number of nitrogens with zero attached hydrogens (tertiary/aromatic N) is 7. The molecular formula is C11H19N7. The molecule has 0 unspecified atom stereocenters. The van der Waals surface area contributed by atoms with E-state index in [1.54, 1.807) is 0 Å². The number of aryl methyl sites for hydroxylation is 2. The molecule has 0 aliphatic heterocycles. The SMILES string of the molecule is CCCn1nnnc1CN(C)Cc1cnn(C)c1. The molecule has 2 aromatic heterocycles. The number of rotatable bonds is 6. The summed E-state index contributed by atoms with van der Waals surface area (Å²) in [6.45, 7) is 4.56. The Kier molecular flexibility index (Phi) is 4.03. The third-order valence-corrected chi connectivity index (χ3v) is 2.66. The first-order chi connectivity index (χ1) is 8.69. The first-order valence-corrected chi connectivity index (χ1v) is 6.10. The number of tetrazole rings is 1. The molecule has 0 N–H and O–H groups in total. The van der Waals surface area contributed by atoms with Crippen LogP contribution in [0, 0.1) is 0 Å². The van der Waals surface area contributed by atoms with E-state index in [4.69, 9.17) is 0 Å². The highest BCUT2D eigenvalue weighted by Gasteiger charge is 2.09. The molecule has 0 spiro atoms. The lowest BCUT2D eigenvalue weighted by Gasteiger charge is -2.14. The summed E-state index contributed by atoms with van der Waals surface area (Å²) in [6, 6.07) is 0. The molecule has 0 aliphatic rings. The van der Waals surface area contributed by atoms with E-state index in [0.717, 1.165) is 31.9 Å². The van der Waals surface area contributed by atoms with Crippen LogP contribution >= 0.6 is 0 Å². The third kappa shape index (κ3) is 3.13. The van der Waals surface area contributed by atoms with Crippen molar-refractivity contribution >= 4 is 0 Å². The van der Waals surface area contributed by atoms with Crippen LogP contribution in [0.15, 0.2) is 12.4 Å². The Morgan fingerprint density at radius 1 is 1.33 bits per heavy atom. The second-order valence-corrected chi connectivity index (χ2v) is 4.51. The largest absolute Gasteiger partial charge is 0.295 e. The van der Waals surface area contributed by atoms with Crippen molar-refractivity contribution < 1.29 is 0 Å². The lowest BCUT2D eigenvalue weighted by Crippen LogP contribution is -2.20. The van der Waals surface area contributed by atoms with Crippen molar-refractivity contribution in [2.24, 2.45) is 7.05 Å². The molecule has 2 aromatic rings. The summed E-state index contributed by atoms with van der Waals surface area (Å²) in [7, 11) is 3.98. The molecule has 0 bridgehead atoms. The fourth-order valence-corrected chi connectivity index (χ4v) is 1.88. The van der Waals surface area contributed by atoms with Gasteiger partial charge in [-0.2, -0.15) is 5.10 Å². The Morgan fingerprint density at radius 3 is 2.83 bits per heavy atom. The lowest BCUT2D eigenvalue weighted by molar-refractivity contribution is 0.302. The molecule has 0 aromatic carbocycles. The van der Waals surface area contributed by atoms with Crippen LogP contribution in [0.4, 0.5) is 0 Å². The van der Waals surface area contributed by atoms with E-state index in [2.05, 4.69) is 39.5 Å². The van der Waals surface area contributed by atoms with E-state index in [9.17, 15) is 0 Å². The van der Waals surface area contributed by atoms with Crippen LogP contribution in [0.2, 0.25) is 0 Å². The van der Waals surface area contributed by atoms with Crippen LogP contribution in [0.25, 0.3) is 0 Å². The lowest BCUT2D eigenvalue weighted by atomic mass is 10.3. The van der Waals surface area contributed by atoms with Gasteiger partial charge in [0.25, 0.3) is 0 Å². The van der Waals surface area contributed by atoms with Gasteiger partial charge in [0.05, 0.1) is 12.7 Å². The third-order valence-electron chi connectivity index (χ3n) is 2.66. The smallest absolute Gasteiger partial charge is 0.165 e. The van der Waals surface area contributed by atoms with E-state index in [1.807, 2.05) is 28.8 Å². The fourth-order valence-electron chi connectivity index (χ4n) is 1.88. The van der Waals surface area contributed by atoms with Gasteiger partial charge in [0.2, 0.25) is 0 Å². The molecular weight excluding hydrogens is 230 g/mol. The van der Waals surface area contributed by atoms with Gasteiger partial charge in [0.15, 0.2) is 5.82 Å². The van der Waals surface area contributed by atoms with Crippen molar-refractivity contribution in [3.63, 3.8) is 0 Å². The first kappa shape index (κ1) is 12.7. The molecule has 0 saturated carbocycles. The quantitative estimate of drug-likeness (QED) is 0.743. The van der Waals surface area contributed by atoms with Gasteiger partial charge < -0.3 is 0 Å². The van der Waals surface area contributed by atoms with E-state index in [1.165, 1.54) is 5.56 Å². The fraction of sp³-hybridized carbons (Fsp3) is 0.636. The van der Waals surface area contributed by atoms with E-state index >= 15 is 0 Å². The molecule has 0 saturated heterocycles. The topological polar surface area (TPSA) is 64.7 Å². The second-order valence-electron chi connectivity index (χ2n) is 4.51. The maximum Gasteiger partial charge on any atom is 0.165 e. The Labute approximate surface area is 106 Å². The van der Waals surface area contributed by atoms with Gasteiger partial charge in [0, 0.05) is 31.9 Å². The molecule has 98 valence electrons. The molecule has 2 heterocycles. The number of aromatic nitrogens is 6. The Balaban J connectivity index is 1.94. The number of hydrogen-bond acceptors (Lipinski definition) is 5. The van der Waals surface area contributed by atoms with Crippen LogP contribution in [0.3, 0.4) is 0 Å². The van der Waals surface area contributed by atoms with Crippen molar-refractivity contribution in [3.05, 3.63) is 23.8 Å². The minimum Gasteiger partial charge on any atom is -0.295 e. The monoisotopic (exact) mass is 249 g/mol. The molecule has 2 rings (SSSR count). The van der Waals surface area contributed by atoms with Crippen molar-refractivity contribution in [2.75, 3.05) is 7.05 Å². The van der Waals surface area contributed by atoms with E-state index < -0.39 is 0 Å². The number of hydrogen-bond donors (Lipinski definition) is 0. The van der Waals surface area contributed by atoms with Gasteiger partial charge >= 0.3 is 0 Å². The first-order valence-electron chi connectivity index (χ1n) is 6.10. The van der Waals surface area contributed by atoms with Crippen LogP contribution in [0.5, 0.6) is 0 Å². The predicted molar refractivity (Wildman–Crippen MR) is 66.5 cm³/mol. The standard InChI is InChI=1S/C11H19N7/c1-4-5-18-11(13-14-15-18)9-16(2)7-10-6-12-17(3)8-10/h6,8H,4-5,7,9H2,1-3H3. The normalized spacial score (nSPS) is 11.3. The second kappa shape index (κ2) is 5.72. The molecule has 0 fully saturated rings. The zero-order valence-corrected chi connectivity index (χ0v) is 11.1. The molecule has 0 amide bonds. The average Bonchev–Trinajstić information content (AvgIpc) is 2.90. The van der Waals surface area contributed by atoms with Crippen molar-refractivity contribution in [1.29, 1.82) is 0 Å². The van der Waals surface area contributed by atoms with E-state index in [0.29, 0.717) is 0 Å². The highest BCUT2D eigenvalue weighted by molar-refractivity contribution is 5.03. The van der Waals surface area contributed by atoms with Gasteiger partial charge in [-0.1, -0.05) is 6.92 Å². The summed E-state index contributed by atoms with van der Waals surface area (Å²) in [5.74, 6) is 0.906. The highest BCUT2D eigenvalue weighted by atomic mass is 15.5. The zero-order valence-electron chi connectivity index (χ0n) is 11.1. The molecule has 0 atom stereocenters. The summed E-state index contributed by atoms with van der Waals surface area (Å²) >= 11 is 0. The minimum absolute atomic E-state index is 0.738. The van der Waals surface area contributed by atoms with Gasteiger partial charge in [0.1, 0.15) is 0 Å². The van der Waals surface area contributed by atoms with Gasteiger partial charge in [-0.25, -0.2) is 4.68 Å². The maximum atomic E-state index is 4.16. The van der Waals surface area contributed by atoms with Crippen molar-refractivity contribution in [3.8, 4) is 0 Å². The molecule has 7 nitrogen and oxygen atoms in total. The average molecular weight is 249 g/mol. The molecule has 7 heteroatoms. The van der Waals surface area contributed by atoms with Crippen molar-refractivity contribution in [1.82, 2.24) is 34.9 Å². The molecule has 0 aliphatic carbocycles. The van der Waals surface area contributed by atoms with Gasteiger partial charge in [-0.3, -0.25) is 9.58 Å². The maximum absolute atomic E-state index is 4.16. The highest BCUT2D eigenvalue weighted by Crippen LogP contribution is 2.05. The summed E-state index contributed by atoms with van der Waals surface area (Å²) in [5.41, 5.74) is 1.19. The van der Waals surface area contributed by atoms with Gasteiger partial charge in [-0.05, 0) is 23.9 Å². The van der Waals surface area contributed by atoms with Crippen LogP contribution < -0.4 is 0 Å². The summed E-state index contributed by atoms with van der Waals surface area (Å²) in [4.78, 5) is 2.18. The zero-order chi connectivity index (χ0) is 13.0. The summed E-state index contributed by atoms with van der Waals surface area (Å²) in [6.07, 6.45) is 4.93. The summed E-state index contributed by atoms with van der Waals surface area (Å²) in [5, 5.41) is 15.9. The van der Waals surface area contributed by atoms with Gasteiger partial charge in [-0.15, -0.1) is 5.10 Å². The molecule has 0 radical (unpaired) electrons. The Morgan fingerprint density at radius 2 is 2.17 bits per heavy atom. The summed E-state index contributed by atoms with van der Waals surface area (Å²) < 4.78 is 3.67. The van der Waals surface area contributed by atoms with Crippen LogP contribution in [0.1, 0.15) is 24.7 Å². The minimum atomic E-state index is 0.738.